The predicted octanol–water partition coefficient (Wildman–Crippen LogP) is 0.175. The summed E-state index contributed by atoms with van der Waals surface area (Å²) in [6.45, 7) is 2.00. The molecular weight excluding hydrogens is 206 g/mol. The maximum Gasteiger partial charge on any atom is 0.234 e. The van der Waals surface area contributed by atoms with Gasteiger partial charge in [0.15, 0.2) is 0 Å². The number of ether oxygens (including phenoxy) is 1. The zero-order valence-electron chi connectivity index (χ0n) is 9.50. The lowest BCUT2D eigenvalue weighted by Gasteiger charge is -2.22. The Bertz CT molecular complexity index is 244. The van der Waals surface area contributed by atoms with Crippen LogP contribution in [0.3, 0.4) is 0 Å². The third-order valence-electron chi connectivity index (χ3n) is 2.57. The minimum absolute atomic E-state index is 0.0756. The standard InChI is InChI=1S/C11H19N3O2/c12-5-7-14-11(15)9-13-6-4-10-3-1-2-8-16-10/h10,13H,1-4,6-9H2,(H,14,15). The van der Waals surface area contributed by atoms with E-state index in [0.29, 0.717) is 6.10 Å². The molecule has 1 fully saturated rings. The van der Waals surface area contributed by atoms with Crippen molar-refractivity contribution < 1.29 is 9.53 Å². The van der Waals surface area contributed by atoms with Crippen LogP contribution in [-0.2, 0) is 9.53 Å². The average Bonchev–Trinajstić information content (AvgIpc) is 2.33. The largest absolute Gasteiger partial charge is 0.378 e. The Balaban J connectivity index is 1.94. The molecule has 1 amide bonds. The van der Waals surface area contributed by atoms with Crippen molar-refractivity contribution in [2.75, 3.05) is 26.2 Å². The van der Waals surface area contributed by atoms with Gasteiger partial charge >= 0.3 is 0 Å². The van der Waals surface area contributed by atoms with Crippen LogP contribution in [-0.4, -0.2) is 38.3 Å². The Hall–Kier alpha value is -1.12. The normalized spacial score (nSPS) is 20.1. The molecule has 1 aliphatic heterocycles. The SMILES string of the molecule is N#CCNC(=O)CNCCC1CCCCO1. The van der Waals surface area contributed by atoms with Crippen LogP contribution >= 0.6 is 0 Å². The van der Waals surface area contributed by atoms with Crippen molar-refractivity contribution in [3.63, 3.8) is 0 Å². The van der Waals surface area contributed by atoms with Gasteiger partial charge in [0.1, 0.15) is 6.54 Å². The molecule has 1 heterocycles. The van der Waals surface area contributed by atoms with Crippen molar-refractivity contribution >= 4 is 5.91 Å². The summed E-state index contributed by atoms with van der Waals surface area (Å²) >= 11 is 0. The molecule has 90 valence electrons. The van der Waals surface area contributed by atoms with Crippen molar-refractivity contribution in [3.8, 4) is 6.07 Å². The number of nitriles is 1. The summed E-state index contributed by atoms with van der Waals surface area (Å²) in [4.78, 5) is 11.1. The number of nitrogens with zero attached hydrogens (tertiary/aromatic N) is 1. The highest BCUT2D eigenvalue weighted by atomic mass is 16.5. The third kappa shape index (κ3) is 5.69. The van der Waals surface area contributed by atoms with Gasteiger partial charge in [-0.25, -0.2) is 0 Å². The van der Waals surface area contributed by atoms with Crippen LogP contribution < -0.4 is 10.6 Å². The molecule has 1 saturated heterocycles. The summed E-state index contributed by atoms with van der Waals surface area (Å²) in [6.07, 6.45) is 4.84. The molecule has 5 heteroatoms. The molecule has 0 radical (unpaired) electrons. The fourth-order valence-electron chi connectivity index (χ4n) is 1.70. The monoisotopic (exact) mass is 225 g/mol. The van der Waals surface area contributed by atoms with Gasteiger partial charge in [-0.3, -0.25) is 4.79 Å². The van der Waals surface area contributed by atoms with E-state index >= 15 is 0 Å². The van der Waals surface area contributed by atoms with Gasteiger partial charge in [-0.05, 0) is 32.2 Å². The summed E-state index contributed by atoms with van der Waals surface area (Å²) in [7, 11) is 0. The summed E-state index contributed by atoms with van der Waals surface area (Å²) in [6, 6.07) is 1.86. The third-order valence-corrected chi connectivity index (χ3v) is 2.57. The molecule has 0 aromatic rings. The maximum absolute atomic E-state index is 11.1. The van der Waals surface area contributed by atoms with Crippen LogP contribution in [0.2, 0.25) is 0 Å². The van der Waals surface area contributed by atoms with Crippen molar-refractivity contribution in [1.29, 1.82) is 5.26 Å². The number of hydrogen-bond acceptors (Lipinski definition) is 4. The maximum atomic E-state index is 11.1. The van der Waals surface area contributed by atoms with E-state index in [1.54, 1.807) is 0 Å². The lowest BCUT2D eigenvalue weighted by Crippen LogP contribution is -2.35. The molecule has 1 aliphatic rings. The Morgan fingerprint density at radius 1 is 1.50 bits per heavy atom. The van der Waals surface area contributed by atoms with Gasteiger partial charge < -0.3 is 15.4 Å². The number of amides is 1. The van der Waals surface area contributed by atoms with E-state index < -0.39 is 0 Å². The molecule has 16 heavy (non-hydrogen) atoms. The number of rotatable bonds is 6. The highest BCUT2D eigenvalue weighted by Gasteiger charge is 2.12. The first-order chi connectivity index (χ1) is 7.83. The minimum Gasteiger partial charge on any atom is -0.378 e. The molecule has 0 aromatic heterocycles. The molecule has 5 nitrogen and oxygen atoms in total. The fourth-order valence-corrected chi connectivity index (χ4v) is 1.70. The first-order valence-corrected chi connectivity index (χ1v) is 5.79. The number of nitrogens with one attached hydrogen (secondary N) is 2. The quantitative estimate of drug-likeness (QED) is 0.499. The number of carbonyl (C=O) groups excluding carboxylic acids is 1. The summed E-state index contributed by atoms with van der Waals surface area (Å²) < 4.78 is 5.57. The van der Waals surface area contributed by atoms with Crippen molar-refractivity contribution in [2.24, 2.45) is 0 Å². The van der Waals surface area contributed by atoms with Crippen molar-refractivity contribution in [2.45, 2.75) is 31.8 Å². The van der Waals surface area contributed by atoms with E-state index in [1.807, 2.05) is 6.07 Å². The Kier molecular flexibility index (Phi) is 6.54. The molecule has 1 atom stereocenters. The van der Waals surface area contributed by atoms with Gasteiger partial charge in [0, 0.05) is 6.61 Å². The molecule has 0 aliphatic carbocycles. The first-order valence-electron chi connectivity index (χ1n) is 5.79. The molecule has 1 rings (SSSR count). The zero-order chi connectivity index (χ0) is 11.6. The predicted molar refractivity (Wildman–Crippen MR) is 59.7 cm³/mol. The van der Waals surface area contributed by atoms with E-state index in [2.05, 4.69) is 10.6 Å². The second-order valence-corrected chi connectivity index (χ2v) is 3.89. The average molecular weight is 225 g/mol. The lowest BCUT2D eigenvalue weighted by atomic mass is 10.1. The summed E-state index contributed by atoms with van der Waals surface area (Å²) in [5.74, 6) is -0.133. The Morgan fingerprint density at radius 3 is 3.06 bits per heavy atom. The van der Waals surface area contributed by atoms with Gasteiger partial charge in [-0.2, -0.15) is 5.26 Å². The van der Waals surface area contributed by atoms with Gasteiger partial charge in [0.25, 0.3) is 0 Å². The molecule has 1 unspecified atom stereocenters. The van der Waals surface area contributed by atoms with E-state index in [-0.39, 0.29) is 19.0 Å². The van der Waals surface area contributed by atoms with Crippen LogP contribution in [0.15, 0.2) is 0 Å². The number of carbonyl (C=O) groups is 1. The van der Waals surface area contributed by atoms with Gasteiger partial charge in [0.2, 0.25) is 5.91 Å². The van der Waals surface area contributed by atoms with E-state index in [4.69, 9.17) is 10.00 Å². The topological polar surface area (TPSA) is 74.2 Å². The molecule has 0 saturated carbocycles. The Morgan fingerprint density at radius 2 is 2.38 bits per heavy atom. The van der Waals surface area contributed by atoms with Gasteiger partial charge in [0.05, 0.1) is 18.7 Å². The van der Waals surface area contributed by atoms with Crippen molar-refractivity contribution in [3.05, 3.63) is 0 Å². The summed E-state index contributed by atoms with van der Waals surface area (Å²) in [5, 5.41) is 13.8. The molecular formula is C11H19N3O2. The molecule has 2 N–H and O–H groups in total. The van der Waals surface area contributed by atoms with Crippen molar-refractivity contribution in [1.82, 2.24) is 10.6 Å². The molecule has 0 bridgehead atoms. The fraction of sp³-hybridized carbons (Fsp3) is 0.818. The zero-order valence-corrected chi connectivity index (χ0v) is 9.50. The summed E-state index contributed by atoms with van der Waals surface area (Å²) in [5.41, 5.74) is 0. The number of hydrogen-bond donors (Lipinski definition) is 2. The smallest absolute Gasteiger partial charge is 0.234 e. The van der Waals surface area contributed by atoms with Crippen LogP contribution in [0.25, 0.3) is 0 Å². The highest BCUT2D eigenvalue weighted by Crippen LogP contribution is 2.14. The highest BCUT2D eigenvalue weighted by molar-refractivity contribution is 5.78. The van der Waals surface area contributed by atoms with E-state index in [1.165, 1.54) is 12.8 Å². The van der Waals surface area contributed by atoms with Crippen LogP contribution in [0.1, 0.15) is 25.7 Å². The van der Waals surface area contributed by atoms with Gasteiger partial charge in [-0.1, -0.05) is 0 Å². The second kappa shape index (κ2) is 8.08. The van der Waals surface area contributed by atoms with Gasteiger partial charge in [-0.15, -0.1) is 0 Å². The van der Waals surface area contributed by atoms with Crippen LogP contribution in [0.4, 0.5) is 0 Å². The first kappa shape index (κ1) is 12.9. The van der Waals surface area contributed by atoms with E-state index in [9.17, 15) is 4.79 Å². The second-order valence-electron chi connectivity index (χ2n) is 3.89. The van der Waals surface area contributed by atoms with Crippen LogP contribution in [0, 0.1) is 11.3 Å². The Labute approximate surface area is 96.2 Å². The lowest BCUT2D eigenvalue weighted by molar-refractivity contribution is -0.120. The van der Waals surface area contributed by atoms with E-state index in [0.717, 1.165) is 26.0 Å². The minimum atomic E-state index is -0.133. The van der Waals surface area contributed by atoms with Crippen LogP contribution in [0.5, 0.6) is 0 Å². The molecule has 0 spiro atoms. The molecule has 0 aromatic carbocycles.